The molecule has 0 saturated carbocycles. The average Bonchev–Trinajstić information content (AvgIpc) is 3.02. The minimum absolute atomic E-state index is 0.152. The van der Waals surface area contributed by atoms with E-state index < -0.39 is 5.82 Å². The van der Waals surface area contributed by atoms with Crippen LogP contribution >= 0.6 is 0 Å². The highest BCUT2D eigenvalue weighted by Crippen LogP contribution is 2.39. The van der Waals surface area contributed by atoms with Crippen molar-refractivity contribution in [1.82, 2.24) is 5.32 Å². The van der Waals surface area contributed by atoms with Crippen LogP contribution in [0.25, 0.3) is 0 Å². The Kier molecular flexibility index (Phi) is 5.38. The number of ketones is 1. The van der Waals surface area contributed by atoms with Crippen LogP contribution in [0.1, 0.15) is 40.7 Å². The minimum atomic E-state index is -0.408. The standard InChI is InChI=1S/C22H22FNO5/c1-13-10-16(25)22-18(5-3-15(23)21(13)22)29-12-20(26)24-7-6-14-2-4-17-19(11-14)28-9-8-27-17/h2-5,11,13H,6-10,12H2,1H3,(H,24,26)/t13-/m1/s1. The Bertz CT molecular complexity index is 958. The van der Waals surface area contributed by atoms with Crippen molar-refractivity contribution in [3.05, 3.63) is 52.8 Å². The number of hydrogen-bond acceptors (Lipinski definition) is 5. The first-order valence-corrected chi connectivity index (χ1v) is 9.66. The van der Waals surface area contributed by atoms with E-state index in [2.05, 4.69) is 5.32 Å². The van der Waals surface area contributed by atoms with E-state index in [-0.39, 0.29) is 41.9 Å². The van der Waals surface area contributed by atoms with E-state index >= 15 is 0 Å². The van der Waals surface area contributed by atoms with Gasteiger partial charge in [0.1, 0.15) is 24.8 Å². The molecule has 0 unspecified atom stereocenters. The molecule has 152 valence electrons. The van der Waals surface area contributed by atoms with Crippen LogP contribution in [0.4, 0.5) is 4.39 Å². The molecule has 7 heteroatoms. The molecule has 6 nitrogen and oxygen atoms in total. The normalized spacial score (nSPS) is 17.0. The summed E-state index contributed by atoms with van der Waals surface area (Å²) in [6.07, 6.45) is 0.888. The van der Waals surface area contributed by atoms with E-state index in [0.29, 0.717) is 37.5 Å². The Morgan fingerprint density at radius 3 is 2.83 bits per heavy atom. The van der Waals surface area contributed by atoms with E-state index in [9.17, 15) is 14.0 Å². The lowest BCUT2D eigenvalue weighted by Crippen LogP contribution is -2.30. The zero-order chi connectivity index (χ0) is 20.4. The number of carbonyl (C=O) groups excluding carboxylic acids is 2. The molecule has 0 spiro atoms. The van der Waals surface area contributed by atoms with Crippen LogP contribution in [0.15, 0.2) is 30.3 Å². The molecule has 1 heterocycles. The summed E-state index contributed by atoms with van der Waals surface area (Å²) in [5.41, 5.74) is 1.67. The lowest BCUT2D eigenvalue weighted by Gasteiger charge is -2.18. The summed E-state index contributed by atoms with van der Waals surface area (Å²) < 4.78 is 30.6. The van der Waals surface area contributed by atoms with E-state index in [1.165, 1.54) is 12.1 Å². The largest absolute Gasteiger partial charge is 0.486 e. The van der Waals surface area contributed by atoms with Crippen LogP contribution < -0.4 is 19.5 Å². The Hall–Kier alpha value is -3.09. The van der Waals surface area contributed by atoms with Crippen molar-refractivity contribution in [2.24, 2.45) is 0 Å². The monoisotopic (exact) mass is 399 g/mol. The summed E-state index contributed by atoms with van der Waals surface area (Å²) >= 11 is 0. The fourth-order valence-electron chi connectivity index (χ4n) is 3.73. The quantitative estimate of drug-likeness (QED) is 0.808. The van der Waals surface area contributed by atoms with Crippen molar-refractivity contribution in [3.8, 4) is 17.2 Å². The van der Waals surface area contributed by atoms with Gasteiger partial charge >= 0.3 is 0 Å². The van der Waals surface area contributed by atoms with E-state index in [4.69, 9.17) is 14.2 Å². The topological polar surface area (TPSA) is 73.9 Å². The number of halogens is 1. The first-order valence-electron chi connectivity index (χ1n) is 9.66. The molecule has 2 aliphatic rings. The fraction of sp³-hybridized carbons (Fsp3) is 0.364. The predicted octanol–water partition coefficient (Wildman–Crippen LogP) is 3.02. The summed E-state index contributed by atoms with van der Waals surface area (Å²) in [5.74, 6) is 0.661. The minimum Gasteiger partial charge on any atom is -0.486 e. The van der Waals surface area contributed by atoms with Crippen LogP contribution in [0.3, 0.4) is 0 Å². The Labute approximate surface area is 168 Å². The Morgan fingerprint density at radius 1 is 1.21 bits per heavy atom. The SMILES string of the molecule is C[C@@H]1CC(=O)c2c(OCC(=O)NCCc3ccc4c(c3)OCCO4)ccc(F)c21. The van der Waals surface area contributed by atoms with Gasteiger partial charge in [0.2, 0.25) is 0 Å². The molecule has 2 aromatic rings. The highest BCUT2D eigenvalue weighted by molar-refractivity contribution is 6.03. The van der Waals surface area contributed by atoms with Gasteiger partial charge in [0.05, 0.1) is 5.56 Å². The van der Waals surface area contributed by atoms with E-state index in [1.807, 2.05) is 18.2 Å². The zero-order valence-electron chi connectivity index (χ0n) is 16.1. The summed E-state index contributed by atoms with van der Waals surface area (Å²) in [6.45, 7) is 3.07. The molecular weight excluding hydrogens is 377 g/mol. The van der Waals surface area contributed by atoms with Crippen molar-refractivity contribution in [2.45, 2.75) is 25.7 Å². The van der Waals surface area contributed by atoms with Crippen molar-refractivity contribution in [3.63, 3.8) is 0 Å². The van der Waals surface area contributed by atoms with Gasteiger partial charge in [0, 0.05) is 18.5 Å². The van der Waals surface area contributed by atoms with Crippen molar-refractivity contribution in [2.75, 3.05) is 26.4 Å². The number of ether oxygens (including phenoxy) is 3. The van der Waals surface area contributed by atoms with Crippen LogP contribution in [-0.2, 0) is 11.2 Å². The smallest absolute Gasteiger partial charge is 0.257 e. The van der Waals surface area contributed by atoms with Crippen molar-refractivity contribution in [1.29, 1.82) is 0 Å². The maximum absolute atomic E-state index is 14.0. The number of nitrogens with one attached hydrogen (secondary N) is 1. The van der Waals surface area contributed by atoms with Gasteiger partial charge in [-0.2, -0.15) is 0 Å². The molecule has 1 aliphatic carbocycles. The third kappa shape index (κ3) is 4.04. The zero-order valence-corrected chi connectivity index (χ0v) is 16.1. The molecule has 4 rings (SSSR count). The first kappa shape index (κ1) is 19.2. The highest BCUT2D eigenvalue weighted by atomic mass is 19.1. The first-order chi connectivity index (χ1) is 14.0. The molecule has 2 aromatic carbocycles. The second-order valence-electron chi connectivity index (χ2n) is 7.23. The van der Waals surface area contributed by atoms with Gasteiger partial charge in [-0.1, -0.05) is 13.0 Å². The molecule has 1 amide bonds. The highest BCUT2D eigenvalue weighted by Gasteiger charge is 2.32. The number of amides is 1. The van der Waals surface area contributed by atoms with Gasteiger partial charge in [-0.15, -0.1) is 0 Å². The third-order valence-electron chi connectivity index (χ3n) is 5.12. The lowest BCUT2D eigenvalue weighted by atomic mass is 10.0. The van der Waals surface area contributed by atoms with Gasteiger partial charge in [0.15, 0.2) is 23.9 Å². The van der Waals surface area contributed by atoms with E-state index in [1.54, 1.807) is 6.92 Å². The van der Waals surface area contributed by atoms with Crippen LogP contribution in [0, 0.1) is 5.82 Å². The number of carbonyl (C=O) groups is 2. The van der Waals surface area contributed by atoms with Crippen molar-refractivity contribution >= 4 is 11.7 Å². The summed E-state index contributed by atoms with van der Waals surface area (Å²) in [7, 11) is 0. The van der Waals surface area contributed by atoms with E-state index in [0.717, 1.165) is 11.3 Å². The molecule has 0 bridgehead atoms. The lowest BCUT2D eigenvalue weighted by molar-refractivity contribution is -0.123. The number of rotatable bonds is 6. The molecule has 0 fully saturated rings. The average molecular weight is 399 g/mol. The number of Topliss-reactive ketones (excluding diaryl/α,β-unsaturated/α-hetero) is 1. The predicted molar refractivity (Wildman–Crippen MR) is 103 cm³/mol. The summed E-state index contributed by atoms with van der Waals surface area (Å²) in [6, 6.07) is 8.40. The van der Waals surface area contributed by atoms with Crippen LogP contribution in [-0.4, -0.2) is 38.1 Å². The molecule has 29 heavy (non-hydrogen) atoms. The van der Waals surface area contributed by atoms with Crippen LogP contribution in [0.5, 0.6) is 17.2 Å². The second-order valence-corrected chi connectivity index (χ2v) is 7.23. The number of benzene rings is 2. The molecule has 0 aromatic heterocycles. The molecule has 0 saturated heterocycles. The maximum atomic E-state index is 14.0. The Balaban J connectivity index is 1.30. The van der Waals surface area contributed by atoms with Crippen LogP contribution in [0.2, 0.25) is 0 Å². The van der Waals surface area contributed by atoms with Gasteiger partial charge in [-0.05, 0) is 42.2 Å². The van der Waals surface area contributed by atoms with Gasteiger partial charge in [0.25, 0.3) is 5.91 Å². The summed E-state index contributed by atoms with van der Waals surface area (Å²) in [4.78, 5) is 24.3. The maximum Gasteiger partial charge on any atom is 0.257 e. The van der Waals surface area contributed by atoms with Gasteiger partial charge < -0.3 is 19.5 Å². The van der Waals surface area contributed by atoms with Gasteiger partial charge in [-0.25, -0.2) is 4.39 Å². The number of fused-ring (bicyclic) bond motifs is 2. The summed E-state index contributed by atoms with van der Waals surface area (Å²) in [5, 5.41) is 2.79. The van der Waals surface area contributed by atoms with Gasteiger partial charge in [-0.3, -0.25) is 9.59 Å². The Morgan fingerprint density at radius 2 is 2.00 bits per heavy atom. The number of hydrogen-bond donors (Lipinski definition) is 1. The molecular formula is C22H22FNO5. The third-order valence-corrected chi connectivity index (χ3v) is 5.12. The molecule has 1 atom stereocenters. The van der Waals surface area contributed by atoms with Crippen molar-refractivity contribution < 1.29 is 28.2 Å². The second kappa shape index (κ2) is 8.11. The fourth-order valence-corrected chi connectivity index (χ4v) is 3.73. The molecule has 1 N–H and O–H groups in total. The molecule has 0 radical (unpaired) electrons. The molecule has 1 aliphatic heterocycles.